The van der Waals surface area contributed by atoms with Gasteiger partial charge in [-0.05, 0) is 6.07 Å². The maximum atomic E-state index is 11.8. The minimum atomic E-state index is 0.110. The van der Waals surface area contributed by atoms with Gasteiger partial charge in [-0.15, -0.1) is 0 Å². The number of hydrogen-bond acceptors (Lipinski definition) is 1. The molecule has 0 fully saturated rings. The van der Waals surface area contributed by atoms with Crippen LogP contribution in [0.15, 0.2) is 30.5 Å². The lowest BCUT2D eigenvalue weighted by atomic mass is 10.1. The van der Waals surface area contributed by atoms with Gasteiger partial charge in [0.15, 0.2) is 5.78 Å². The third-order valence-electron chi connectivity index (χ3n) is 3.39. The zero-order valence-corrected chi connectivity index (χ0v) is 10.2. The van der Waals surface area contributed by atoms with Gasteiger partial charge in [-0.2, -0.15) is 0 Å². The minimum absolute atomic E-state index is 0.110. The summed E-state index contributed by atoms with van der Waals surface area (Å²) in [5.41, 5.74) is 3.07. The number of fused-ring (bicyclic) bond motifs is 3. The van der Waals surface area contributed by atoms with E-state index in [0.29, 0.717) is 0 Å². The van der Waals surface area contributed by atoms with E-state index < -0.39 is 0 Å². The van der Waals surface area contributed by atoms with Crippen LogP contribution in [0.3, 0.4) is 0 Å². The summed E-state index contributed by atoms with van der Waals surface area (Å²) in [6.45, 7) is 1.62. The number of hydrogen-bond donors (Lipinski definition) is 0. The summed E-state index contributed by atoms with van der Waals surface area (Å²) in [6, 6.07) is 8.19. The Morgan fingerprint density at radius 1 is 1.12 bits per heavy atom. The summed E-state index contributed by atoms with van der Waals surface area (Å²) in [5.74, 6) is 0.110. The number of aryl methyl sites for hydroxylation is 2. The van der Waals surface area contributed by atoms with Crippen molar-refractivity contribution in [2.45, 2.75) is 6.92 Å². The molecular weight excluding hydrogens is 212 g/mol. The van der Waals surface area contributed by atoms with E-state index in [-0.39, 0.29) is 5.78 Å². The van der Waals surface area contributed by atoms with Gasteiger partial charge in [0.2, 0.25) is 0 Å². The highest BCUT2D eigenvalue weighted by molar-refractivity contribution is 6.17. The number of para-hydroxylation sites is 1. The van der Waals surface area contributed by atoms with Crippen molar-refractivity contribution >= 4 is 27.6 Å². The van der Waals surface area contributed by atoms with E-state index in [1.54, 1.807) is 6.92 Å². The van der Waals surface area contributed by atoms with Crippen LogP contribution in [0.5, 0.6) is 0 Å². The van der Waals surface area contributed by atoms with Crippen LogP contribution in [0.1, 0.15) is 17.4 Å². The molecule has 0 aliphatic heterocycles. The van der Waals surface area contributed by atoms with E-state index in [1.165, 1.54) is 5.52 Å². The fourth-order valence-electron chi connectivity index (χ4n) is 2.66. The largest absolute Gasteiger partial charge is 0.346 e. The van der Waals surface area contributed by atoms with Crippen LogP contribution >= 0.6 is 0 Å². The zero-order chi connectivity index (χ0) is 12.2. The Hall–Kier alpha value is -2.03. The molecule has 3 heteroatoms. The topological polar surface area (TPSA) is 26.9 Å². The predicted molar refractivity (Wildman–Crippen MR) is 69.4 cm³/mol. The van der Waals surface area contributed by atoms with E-state index in [4.69, 9.17) is 0 Å². The first kappa shape index (κ1) is 10.1. The van der Waals surface area contributed by atoms with Gasteiger partial charge in [0, 0.05) is 43.5 Å². The first-order valence-electron chi connectivity index (χ1n) is 5.64. The van der Waals surface area contributed by atoms with Crippen molar-refractivity contribution in [3.8, 4) is 0 Å². The summed E-state index contributed by atoms with van der Waals surface area (Å²) in [6.07, 6.45) is 2.02. The lowest BCUT2D eigenvalue weighted by Gasteiger charge is -2.00. The van der Waals surface area contributed by atoms with Gasteiger partial charge in [0.25, 0.3) is 0 Å². The van der Waals surface area contributed by atoms with Crippen molar-refractivity contribution in [2.75, 3.05) is 0 Å². The molecule has 2 aromatic heterocycles. The molecule has 0 saturated carbocycles. The summed E-state index contributed by atoms with van der Waals surface area (Å²) < 4.78 is 4.05. The molecule has 0 atom stereocenters. The van der Waals surface area contributed by atoms with Gasteiger partial charge in [-0.3, -0.25) is 4.79 Å². The van der Waals surface area contributed by atoms with Crippen LogP contribution in [0.2, 0.25) is 0 Å². The van der Waals surface area contributed by atoms with Gasteiger partial charge in [0.05, 0.1) is 11.2 Å². The second-order valence-corrected chi connectivity index (χ2v) is 4.48. The molecule has 0 aliphatic rings. The zero-order valence-electron chi connectivity index (χ0n) is 10.2. The molecule has 86 valence electrons. The number of carbonyl (C=O) groups excluding carboxylic acids is 1. The molecular formula is C14H14N2O. The van der Waals surface area contributed by atoms with Crippen molar-refractivity contribution < 1.29 is 4.79 Å². The van der Waals surface area contributed by atoms with Crippen molar-refractivity contribution in [1.29, 1.82) is 0 Å². The van der Waals surface area contributed by atoms with Crippen molar-refractivity contribution in [3.63, 3.8) is 0 Å². The van der Waals surface area contributed by atoms with E-state index in [1.807, 2.05) is 37.0 Å². The predicted octanol–water partition coefficient (Wildman–Crippen LogP) is 2.87. The van der Waals surface area contributed by atoms with Crippen LogP contribution in [-0.2, 0) is 14.1 Å². The lowest BCUT2D eigenvalue weighted by molar-refractivity contribution is 0.101. The molecule has 2 heterocycles. The first-order valence-corrected chi connectivity index (χ1v) is 5.64. The van der Waals surface area contributed by atoms with Crippen LogP contribution < -0.4 is 0 Å². The molecule has 3 nitrogen and oxygen atoms in total. The second-order valence-electron chi connectivity index (χ2n) is 4.48. The number of Topliss-reactive ketones (excluding diaryl/α,β-unsaturated/α-hetero) is 1. The highest BCUT2D eigenvalue weighted by Crippen LogP contribution is 2.31. The average Bonchev–Trinajstić information content (AvgIpc) is 2.76. The van der Waals surface area contributed by atoms with Crippen LogP contribution in [0.25, 0.3) is 21.8 Å². The molecule has 0 saturated heterocycles. The number of benzene rings is 1. The highest BCUT2D eigenvalue weighted by atomic mass is 16.1. The molecule has 0 aliphatic carbocycles. The fraction of sp³-hybridized carbons (Fsp3) is 0.214. The van der Waals surface area contributed by atoms with Gasteiger partial charge < -0.3 is 9.13 Å². The monoisotopic (exact) mass is 226 g/mol. The molecule has 3 rings (SSSR count). The quantitative estimate of drug-likeness (QED) is 0.586. The van der Waals surface area contributed by atoms with E-state index in [0.717, 1.165) is 22.0 Å². The van der Waals surface area contributed by atoms with Gasteiger partial charge in [-0.25, -0.2) is 0 Å². The molecule has 17 heavy (non-hydrogen) atoms. The van der Waals surface area contributed by atoms with Crippen molar-refractivity contribution in [3.05, 3.63) is 36.2 Å². The van der Waals surface area contributed by atoms with Crippen LogP contribution in [0, 0.1) is 0 Å². The summed E-state index contributed by atoms with van der Waals surface area (Å²) in [4.78, 5) is 11.8. The maximum absolute atomic E-state index is 11.8. The van der Waals surface area contributed by atoms with Gasteiger partial charge in [0.1, 0.15) is 0 Å². The third kappa shape index (κ3) is 1.19. The Kier molecular flexibility index (Phi) is 1.93. The number of rotatable bonds is 1. The molecule has 0 radical (unpaired) electrons. The molecule has 0 unspecified atom stereocenters. The molecule has 0 spiro atoms. The molecule has 3 aromatic rings. The standard InChI is InChI=1S/C14H14N2O/c1-9(17)14-13-10-6-4-5-7-11(10)16(3)12(13)8-15(14)2/h4-8H,1-3H3. The summed E-state index contributed by atoms with van der Waals surface area (Å²) in [5, 5.41) is 2.22. The third-order valence-corrected chi connectivity index (χ3v) is 3.39. The van der Waals surface area contributed by atoms with E-state index in [2.05, 4.69) is 16.7 Å². The molecule has 0 N–H and O–H groups in total. The van der Waals surface area contributed by atoms with Crippen LogP contribution in [-0.4, -0.2) is 14.9 Å². The minimum Gasteiger partial charge on any atom is -0.346 e. The SMILES string of the molecule is CC(=O)c1c2c3ccccc3n(C)c2cn1C. The lowest BCUT2D eigenvalue weighted by Crippen LogP contribution is -2.00. The van der Waals surface area contributed by atoms with Gasteiger partial charge >= 0.3 is 0 Å². The molecule has 0 amide bonds. The Morgan fingerprint density at radius 2 is 1.82 bits per heavy atom. The molecule has 1 aromatic carbocycles. The van der Waals surface area contributed by atoms with Crippen LogP contribution in [0.4, 0.5) is 0 Å². The summed E-state index contributed by atoms with van der Waals surface area (Å²) in [7, 11) is 3.96. The highest BCUT2D eigenvalue weighted by Gasteiger charge is 2.17. The Bertz CT molecular complexity index is 746. The van der Waals surface area contributed by atoms with Crippen molar-refractivity contribution in [2.24, 2.45) is 14.1 Å². The second kappa shape index (κ2) is 3.23. The summed E-state index contributed by atoms with van der Waals surface area (Å²) >= 11 is 0. The number of ketones is 1. The number of nitrogens with zero attached hydrogens (tertiary/aromatic N) is 2. The Balaban J connectivity index is 2.62. The average molecular weight is 226 g/mol. The first-order chi connectivity index (χ1) is 8.11. The maximum Gasteiger partial charge on any atom is 0.176 e. The Morgan fingerprint density at radius 3 is 2.53 bits per heavy atom. The fourth-order valence-corrected chi connectivity index (χ4v) is 2.66. The number of aromatic nitrogens is 2. The van der Waals surface area contributed by atoms with E-state index >= 15 is 0 Å². The normalized spacial score (nSPS) is 11.5. The van der Waals surface area contributed by atoms with E-state index in [9.17, 15) is 4.79 Å². The Labute approximate surface area is 99.3 Å². The van der Waals surface area contributed by atoms with Crippen molar-refractivity contribution in [1.82, 2.24) is 9.13 Å². The molecule has 0 bridgehead atoms. The van der Waals surface area contributed by atoms with Gasteiger partial charge in [-0.1, -0.05) is 18.2 Å². The smallest absolute Gasteiger partial charge is 0.176 e. The number of carbonyl (C=O) groups is 1.